The van der Waals surface area contributed by atoms with E-state index in [1.165, 1.54) is 0 Å². The van der Waals surface area contributed by atoms with Gasteiger partial charge < -0.3 is 10.1 Å². The largest absolute Gasteiger partial charge is 0.444 e. The molecule has 0 aromatic carbocycles. The third kappa shape index (κ3) is 317. The van der Waals surface area contributed by atoms with Crippen LogP contribution in [0.4, 0.5) is 0 Å². The Labute approximate surface area is 37.2 Å². The van der Waals surface area contributed by atoms with E-state index in [-0.39, 0.29) is 21.1 Å². The van der Waals surface area contributed by atoms with Crippen LogP contribution in [0.5, 0.6) is 0 Å². The summed E-state index contributed by atoms with van der Waals surface area (Å²) in [5.74, 6) is 0. The second-order valence-electron chi connectivity index (χ2n) is 0.0745. The standard InChI is InChI=1S/HNO2.Pt/c2-1-3;/h(H,2,3);/p-1. The van der Waals surface area contributed by atoms with Crippen LogP contribution in [-0.4, -0.2) is 0 Å². The molecule has 0 aliphatic carbocycles. The van der Waals surface area contributed by atoms with Crippen LogP contribution in [0.2, 0.25) is 0 Å². The predicted octanol–water partition coefficient (Wildman–Crippen LogP) is 0.248. The fourth-order valence-electron chi connectivity index (χ4n) is 0. The van der Waals surface area contributed by atoms with Crippen molar-refractivity contribution in [2.45, 2.75) is 0 Å². The van der Waals surface area contributed by atoms with Gasteiger partial charge in [-0.3, -0.25) is 0 Å². The average molecular weight is 241 g/mol. The van der Waals surface area contributed by atoms with Crippen molar-refractivity contribution in [1.29, 1.82) is 0 Å². The molecule has 0 unspecified atom stereocenters. The molecule has 0 aromatic rings. The van der Waals surface area contributed by atoms with Gasteiger partial charge in [-0.1, -0.05) is 0 Å². The van der Waals surface area contributed by atoms with Crippen molar-refractivity contribution in [1.82, 2.24) is 0 Å². The Morgan fingerprint density at radius 2 is 1.75 bits per heavy atom. The predicted molar refractivity (Wildman–Crippen MR) is 9.16 cm³/mol. The maximum absolute atomic E-state index is 8.00. The van der Waals surface area contributed by atoms with Crippen LogP contribution in [0.15, 0.2) is 5.34 Å². The molecule has 0 atom stereocenters. The molecule has 0 heterocycles. The van der Waals surface area contributed by atoms with Gasteiger partial charge >= 0.3 is 0 Å². The minimum Gasteiger partial charge on any atom is -0.444 e. The third-order valence-corrected chi connectivity index (χ3v) is 0. The fourth-order valence-corrected chi connectivity index (χ4v) is 0. The van der Waals surface area contributed by atoms with Gasteiger partial charge in [0.1, 0.15) is 0 Å². The summed E-state index contributed by atoms with van der Waals surface area (Å²) in [6.07, 6.45) is 0. The molecule has 0 aromatic heterocycles. The molecule has 3 nitrogen and oxygen atoms in total. The smallest absolute Gasteiger partial charge is 0 e. The number of nitrogens with zero attached hydrogens (tertiary/aromatic N) is 1. The van der Waals surface area contributed by atoms with Gasteiger partial charge in [-0.05, 0) is 0 Å². The molecule has 4 heavy (non-hydrogen) atoms. The molecule has 0 fully saturated rings. The Balaban J connectivity index is 0. The summed E-state index contributed by atoms with van der Waals surface area (Å²) in [6, 6.07) is 0. The van der Waals surface area contributed by atoms with Gasteiger partial charge in [-0.25, -0.2) is 0 Å². The molecule has 0 aliphatic heterocycles. The summed E-state index contributed by atoms with van der Waals surface area (Å²) in [6.45, 7) is 0. The molecular formula is NO2Pt-. The molecule has 0 N–H and O–H groups in total. The fraction of sp³-hybridized carbons (Fsp3) is 0. The quantitative estimate of drug-likeness (QED) is 0.451. The first-order valence-corrected chi connectivity index (χ1v) is 0.365. The number of hydrogen-bond acceptors (Lipinski definition) is 3. The van der Waals surface area contributed by atoms with Gasteiger partial charge in [0.15, 0.2) is 0 Å². The summed E-state index contributed by atoms with van der Waals surface area (Å²) in [7, 11) is 0. The molecule has 0 spiro atoms. The van der Waals surface area contributed by atoms with Crippen LogP contribution in [0, 0.1) is 10.1 Å². The third-order valence-electron chi connectivity index (χ3n) is 0. The van der Waals surface area contributed by atoms with Crippen LogP contribution in [-0.2, 0) is 21.1 Å². The van der Waals surface area contributed by atoms with Crippen LogP contribution < -0.4 is 0 Å². The SMILES string of the molecule is O=N[O-].[Pt]. The van der Waals surface area contributed by atoms with Gasteiger partial charge in [-0.2, -0.15) is 0 Å². The van der Waals surface area contributed by atoms with Crippen molar-refractivity contribution >= 4 is 0 Å². The van der Waals surface area contributed by atoms with Crippen LogP contribution in [0.25, 0.3) is 0 Å². The monoisotopic (exact) mass is 241 g/mol. The zero-order valence-corrected chi connectivity index (χ0v) is 3.85. The molecule has 0 aliphatic rings. The molecule has 0 saturated heterocycles. The Morgan fingerprint density at radius 1 is 1.75 bits per heavy atom. The van der Waals surface area contributed by atoms with Gasteiger partial charge in [0.05, 0.1) is 0 Å². The summed E-state index contributed by atoms with van der Waals surface area (Å²) < 4.78 is 0. The molecular weight excluding hydrogens is 241 g/mol. The van der Waals surface area contributed by atoms with E-state index in [2.05, 4.69) is 0 Å². The van der Waals surface area contributed by atoms with Crippen molar-refractivity contribution in [3.63, 3.8) is 0 Å². The number of hydrogen-bond donors (Lipinski definition) is 0. The van der Waals surface area contributed by atoms with Gasteiger partial charge in [0.25, 0.3) is 0 Å². The minimum atomic E-state index is 0. The summed E-state index contributed by atoms with van der Waals surface area (Å²) in [4.78, 5) is 8.00. The van der Waals surface area contributed by atoms with E-state index >= 15 is 0 Å². The van der Waals surface area contributed by atoms with Crippen molar-refractivity contribution in [3.8, 4) is 0 Å². The van der Waals surface area contributed by atoms with E-state index in [0.717, 1.165) is 5.34 Å². The van der Waals surface area contributed by atoms with Crippen molar-refractivity contribution in [2.24, 2.45) is 5.34 Å². The molecule has 28 valence electrons. The van der Waals surface area contributed by atoms with Crippen molar-refractivity contribution in [3.05, 3.63) is 10.1 Å². The van der Waals surface area contributed by atoms with E-state index in [9.17, 15) is 0 Å². The molecule has 0 bridgehead atoms. The molecule has 0 radical (unpaired) electrons. The first kappa shape index (κ1) is 8.94. The van der Waals surface area contributed by atoms with E-state index in [1.807, 2.05) is 0 Å². The topological polar surface area (TPSA) is 52.5 Å². The van der Waals surface area contributed by atoms with Crippen LogP contribution >= 0.6 is 0 Å². The number of rotatable bonds is 0. The minimum absolute atomic E-state index is 0. The molecule has 0 saturated carbocycles. The second-order valence-corrected chi connectivity index (χ2v) is 0.0745. The molecule has 0 rings (SSSR count). The van der Waals surface area contributed by atoms with Gasteiger partial charge in [0, 0.05) is 21.1 Å². The van der Waals surface area contributed by atoms with Crippen LogP contribution in [0.3, 0.4) is 0 Å². The zero-order chi connectivity index (χ0) is 2.71. The normalized spacial score (nSPS) is 3.00. The second kappa shape index (κ2) is 11.4. The van der Waals surface area contributed by atoms with Crippen molar-refractivity contribution in [2.75, 3.05) is 0 Å². The Hall–Kier alpha value is 0.0883. The first-order chi connectivity index (χ1) is 1.41. The summed E-state index contributed by atoms with van der Waals surface area (Å²) in [5.41, 5.74) is 0. The van der Waals surface area contributed by atoms with Gasteiger partial charge in [0.2, 0.25) is 0 Å². The molecule has 4 heteroatoms. The van der Waals surface area contributed by atoms with E-state index < -0.39 is 0 Å². The maximum atomic E-state index is 8.00. The van der Waals surface area contributed by atoms with Crippen LogP contribution in [0.1, 0.15) is 0 Å². The Kier molecular flexibility index (Phi) is 25.4. The Morgan fingerprint density at radius 3 is 1.75 bits per heavy atom. The average Bonchev–Trinajstić information content (AvgIpc) is 0.918. The van der Waals surface area contributed by atoms with E-state index in [1.54, 1.807) is 0 Å². The van der Waals surface area contributed by atoms with Gasteiger partial charge in [-0.15, -0.1) is 5.34 Å². The van der Waals surface area contributed by atoms with E-state index in [4.69, 9.17) is 10.1 Å². The zero-order valence-electron chi connectivity index (χ0n) is 1.58. The summed E-state index contributed by atoms with van der Waals surface area (Å²) >= 11 is 0. The Bertz CT molecular complexity index is 13.5. The first-order valence-electron chi connectivity index (χ1n) is 0.365. The maximum Gasteiger partial charge on any atom is 0 e. The molecule has 0 amide bonds. The van der Waals surface area contributed by atoms with Crippen molar-refractivity contribution < 1.29 is 21.1 Å². The summed E-state index contributed by atoms with van der Waals surface area (Å²) in [5, 5.41) is 9.00. The van der Waals surface area contributed by atoms with E-state index in [0.29, 0.717) is 0 Å².